The molecular formula is C26H24F2N4O2. The van der Waals surface area contributed by atoms with Crippen molar-refractivity contribution in [1.29, 1.82) is 0 Å². The summed E-state index contributed by atoms with van der Waals surface area (Å²) in [7, 11) is 1.51. The van der Waals surface area contributed by atoms with Crippen molar-refractivity contribution in [2.45, 2.75) is 32.2 Å². The molecule has 0 bridgehead atoms. The second-order valence-corrected chi connectivity index (χ2v) is 8.43. The van der Waals surface area contributed by atoms with Crippen LogP contribution in [0.3, 0.4) is 0 Å². The molecule has 1 atom stereocenters. The molecule has 8 heteroatoms. The van der Waals surface area contributed by atoms with Gasteiger partial charge in [-0.05, 0) is 43.5 Å². The molecule has 2 aromatic carbocycles. The number of alkyl halides is 2. The van der Waals surface area contributed by atoms with Gasteiger partial charge >= 0.3 is 0 Å². The monoisotopic (exact) mass is 462 g/mol. The summed E-state index contributed by atoms with van der Waals surface area (Å²) in [6.45, 7) is 2.61. The van der Waals surface area contributed by atoms with Crippen LogP contribution in [0, 0.1) is 6.92 Å². The minimum Gasteiger partial charge on any atom is -0.496 e. The number of likely N-dealkylation sites (tertiary alicyclic amines) is 1. The van der Waals surface area contributed by atoms with E-state index in [0.717, 1.165) is 28.5 Å². The largest absolute Gasteiger partial charge is 0.496 e. The minimum atomic E-state index is -2.80. The van der Waals surface area contributed by atoms with Gasteiger partial charge in [-0.15, -0.1) is 0 Å². The molecule has 0 spiro atoms. The summed E-state index contributed by atoms with van der Waals surface area (Å²) in [6, 6.07) is 16.4. The molecule has 4 aromatic rings. The summed E-state index contributed by atoms with van der Waals surface area (Å²) >= 11 is 0. The van der Waals surface area contributed by atoms with E-state index in [1.165, 1.54) is 19.4 Å². The molecule has 0 N–H and O–H groups in total. The Hall–Kier alpha value is -3.81. The van der Waals surface area contributed by atoms with Crippen LogP contribution in [0.1, 0.15) is 52.5 Å². The topological polar surface area (TPSA) is 59.7 Å². The zero-order valence-electron chi connectivity index (χ0n) is 18.9. The number of aromatic nitrogens is 3. The molecule has 0 unspecified atom stereocenters. The van der Waals surface area contributed by atoms with Gasteiger partial charge in [-0.3, -0.25) is 4.79 Å². The van der Waals surface area contributed by atoms with E-state index in [1.54, 1.807) is 29.2 Å². The Morgan fingerprint density at radius 1 is 1.15 bits per heavy atom. The number of fused-ring (bicyclic) bond motifs is 1. The number of amides is 1. The number of aryl methyl sites for hydroxylation is 1. The Balaban J connectivity index is 1.60. The second kappa shape index (κ2) is 8.85. The first-order chi connectivity index (χ1) is 16.5. The molecule has 1 fully saturated rings. The number of methoxy groups -OCH3 is 1. The molecule has 6 nitrogen and oxygen atoms in total. The third kappa shape index (κ3) is 3.79. The molecule has 0 saturated carbocycles. The van der Waals surface area contributed by atoms with E-state index in [0.29, 0.717) is 23.6 Å². The average molecular weight is 463 g/mol. The SMILES string of the molecule is COc1ccccc1-c1cc(C(F)F)n2ncc(C(=O)N3CCC[C@@H]3c3ccc(C)cc3)c2n1. The van der Waals surface area contributed by atoms with Crippen LogP contribution >= 0.6 is 0 Å². The highest BCUT2D eigenvalue weighted by atomic mass is 19.3. The number of nitrogens with zero attached hydrogens (tertiary/aromatic N) is 4. The maximum absolute atomic E-state index is 14.0. The van der Waals surface area contributed by atoms with Crippen molar-refractivity contribution in [2.75, 3.05) is 13.7 Å². The second-order valence-electron chi connectivity index (χ2n) is 8.43. The highest BCUT2D eigenvalue weighted by Crippen LogP contribution is 2.35. The van der Waals surface area contributed by atoms with E-state index in [4.69, 9.17) is 4.74 Å². The van der Waals surface area contributed by atoms with Crippen LogP contribution < -0.4 is 4.74 Å². The Morgan fingerprint density at radius 2 is 1.91 bits per heavy atom. The van der Waals surface area contributed by atoms with Gasteiger partial charge in [-0.2, -0.15) is 5.10 Å². The van der Waals surface area contributed by atoms with E-state index in [-0.39, 0.29) is 28.9 Å². The molecule has 1 aliphatic heterocycles. The number of hydrogen-bond donors (Lipinski definition) is 0. The molecule has 1 saturated heterocycles. The molecule has 34 heavy (non-hydrogen) atoms. The first-order valence-corrected chi connectivity index (χ1v) is 11.2. The molecular weight excluding hydrogens is 438 g/mol. The average Bonchev–Trinajstić information content (AvgIpc) is 3.51. The predicted molar refractivity (Wildman–Crippen MR) is 124 cm³/mol. The fourth-order valence-electron chi connectivity index (χ4n) is 4.59. The predicted octanol–water partition coefficient (Wildman–Crippen LogP) is 5.63. The van der Waals surface area contributed by atoms with Gasteiger partial charge in [0.2, 0.25) is 0 Å². The van der Waals surface area contributed by atoms with Crippen molar-refractivity contribution in [3.05, 3.63) is 83.2 Å². The molecule has 1 amide bonds. The quantitative estimate of drug-likeness (QED) is 0.386. The number of benzene rings is 2. The zero-order valence-corrected chi connectivity index (χ0v) is 18.9. The molecule has 3 heterocycles. The summed E-state index contributed by atoms with van der Waals surface area (Å²) in [5, 5.41) is 4.11. The van der Waals surface area contributed by atoms with E-state index in [2.05, 4.69) is 10.1 Å². The van der Waals surface area contributed by atoms with Crippen LogP contribution in [-0.4, -0.2) is 39.1 Å². The number of carbonyl (C=O) groups is 1. The van der Waals surface area contributed by atoms with Crippen LogP contribution in [0.4, 0.5) is 8.78 Å². The van der Waals surface area contributed by atoms with Crippen molar-refractivity contribution >= 4 is 11.6 Å². The minimum absolute atomic E-state index is 0.0741. The number of rotatable bonds is 5. The Morgan fingerprint density at radius 3 is 2.65 bits per heavy atom. The number of halogens is 2. The van der Waals surface area contributed by atoms with Gasteiger partial charge < -0.3 is 9.64 Å². The molecule has 2 aromatic heterocycles. The van der Waals surface area contributed by atoms with Crippen LogP contribution in [0.5, 0.6) is 5.75 Å². The van der Waals surface area contributed by atoms with Gasteiger partial charge in [-0.25, -0.2) is 18.3 Å². The number of hydrogen-bond acceptors (Lipinski definition) is 4. The van der Waals surface area contributed by atoms with E-state index < -0.39 is 6.43 Å². The Kier molecular flexibility index (Phi) is 5.73. The number of carbonyl (C=O) groups excluding carboxylic acids is 1. The zero-order chi connectivity index (χ0) is 23.8. The molecule has 174 valence electrons. The molecule has 5 rings (SSSR count). The molecule has 0 aliphatic carbocycles. The molecule has 0 radical (unpaired) electrons. The smallest absolute Gasteiger partial charge is 0.280 e. The van der Waals surface area contributed by atoms with Crippen molar-refractivity contribution < 1.29 is 18.3 Å². The summed E-state index contributed by atoms with van der Waals surface area (Å²) in [5.74, 6) is 0.244. The standard InChI is InChI=1S/C26H24F2N4O2/c1-16-9-11-17(12-10-16)21-7-5-13-31(21)26(33)19-15-29-32-22(24(27)28)14-20(30-25(19)32)18-6-3-4-8-23(18)34-2/h3-4,6,8-12,14-15,21,24H,5,7,13H2,1-2H3/t21-/m1/s1. The number of para-hydroxylation sites is 1. The summed E-state index contributed by atoms with van der Waals surface area (Å²) in [4.78, 5) is 20.0. The van der Waals surface area contributed by atoms with E-state index >= 15 is 0 Å². The summed E-state index contributed by atoms with van der Waals surface area (Å²) < 4.78 is 34.4. The first-order valence-electron chi connectivity index (χ1n) is 11.2. The van der Waals surface area contributed by atoms with Gasteiger partial charge in [0.1, 0.15) is 17.0 Å². The summed E-state index contributed by atoms with van der Waals surface area (Å²) in [6.07, 6.45) is 0.253. The van der Waals surface area contributed by atoms with Crippen molar-refractivity contribution in [1.82, 2.24) is 19.5 Å². The lowest BCUT2D eigenvalue weighted by atomic mass is 10.0. The van der Waals surface area contributed by atoms with Gasteiger partial charge in [-0.1, -0.05) is 42.0 Å². The van der Waals surface area contributed by atoms with E-state index in [9.17, 15) is 13.6 Å². The van der Waals surface area contributed by atoms with Gasteiger partial charge in [0.15, 0.2) is 5.65 Å². The lowest BCUT2D eigenvalue weighted by Crippen LogP contribution is -2.30. The molecule has 1 aliphatic rings. The highest BCUT2D eigenvalue weighted by molar-refractivity contribution is 6.00. The van der Waals surface area contributed by atoms with Crippen LogP contribution in [-0.2, 0) is 0 Å². The van der Waals surface area contributed by atoms with Gasteiger partial charge in [0, 0.05) is 12.1 Å². The van der Waals surface area contributed by atoms with Gasteiger partial charge in [0.25, 0.3) is 12.3 Å². The van der Waals surface area contributed by atoms with Gasteiger partial charge in [0.05, 0.1) is 25.0 Å². The number of ether oxygens (including phenoxy) is 1. The van der Waals surface area contributed by atoms with Crippen molar-refractivity contribution in [2.24, 2.45) is 0 Å². The maximum Gasteiger partial charge on any atom is 0.280 e. The van der Waals surface area contributed by atoms with Crippen molar-refractivity contribution in [3.8, 4) is 17.0 Å². The fourth-order valence-corrected chi connectivity index (χ4v) is 4.59. The fraction of sp³-hybridized carbons (Fsp3) is 0.269. The lowest BCUT2D eigenvalue weighted by Gasteiger charge is -2.25. The third-order valence-corrected chi connectivity index (χ3v) is 6.31. The lowest BCUT2D eigenvalue weighted by molar-refractivity contribution is 0.0737. The van der Waals surface area contributed by atoms with Crippen LogP contribution in [0.15, 0.2) is 60.8 Å². The third-order valence-electron chi connectivity index (χ3n) is 6.31. The van der Waals surface area contributed by atoms with Crippen LogP contribution in [0.25, 0.3) is 16.9 Å². The Bertz CT molecular complexity index is 1350. The van der Waals surface area contributed by atoms with Crippen LogP contribution in [0.2, 0.25) is 0 Å². The maximum atomic E-state index is 14.0. The highest BCUT2D eigenvalue weighted by Gasteiger charge is 2.33. The normalized spacial score (nSPS) is 15.9. The van der Waals surface area contributed by atoms with E-state index in [1.807, 2.05) is 31.2 Å². The Labute approximate surface area is 195 Å². The van der Waals surface area contributed by atoms with Crippen molar-refractivity contribution in [3.63, 3.8) is 0 Å². The summed E-state index contributed by atoms with van der Waals surface area (Å²) in [5.41, 5.74) is 3.05. The first kappa shape index (κ1) is 22.0.